The summed E-state index contributed by atoms with van der Waals surface area (Å²) in [6, 6.07) is 9.23. The second kappa shape index (κ2) is 7.56. The van der Waals surface area contributed by atoms with E-state index in [9.17, 15) is 0 Å². The van der Waals surface area contributed by atoms with Crippen LogP contribution < -0.4 is 4.74 Å². The number of alkyl halides is 1. The Kier molecular flexibility index (Phi) is 6.27. The van der Waals surface area contributed by atoms with Crippen LogP contribution in [0.1, 0.15) is 22.9 Å². The average Bonchev–Trinajstić information content (AvgIpc) is 2.41. The Morgan fingerprint density at radius 1 is 1.05 bits per heavy atom. The maximum Gasteiger partial charge on any atom is 0.139 e. The molecule has 2 aromatic rings. The molecule has 0 amide bonds. The van der Waals surface area contributed by atoms with Gasteiger partial charge in [-0.2, -0.15) is 0 Å². The highest BCUT2D eigenvalue weighted by molar-refractivity contribution is 9.10. The molecule has 0 aliphatic heterocycles. The van der Waals surface area contributed by atoms with Crippen molar-refractivity contribution in [1.82, 2.24) is 0 Å². The van der Waals surface area contributed by atoms with Crippen molar-refractivity contribution in [2.75, 3.05) is 6.61 Å². The lowest BCUT2D eigenvalue weighted by molar-refractivity contribution is 0.340. The summed E-state index contributed by atoms with van der Waals surface area (Å²) in [5.41, 5.74) is 1.84. The van der Waals surface area contributed by atoms with Gasteiger partial charge in [-0.15, -0.1) is 0 Å². The molecule has 1 atom stereocenters. The molecule has 0 aliphatic carbocycles. The number of hydrogen-bond acceptors (Lipinski definition) is 1. The van der Waals surface area contributed by atoms with Gasteiger partial charge in [0.05, 0.1) is 16.5 Å². The second-order valence-electron chi connectivity index (χ2n) is 4.30. The molecule has 0 radical (unpaired) electrons. The summed E-state index contributed by atoms with van der Waals surface area (Å²) in [6.07, 6.45) is 0. The topological polar surface area (TPSA) is 9.23 Å². The van der Waals surface area contributed by atoms with E-state index in [2.05, 4.69) is 31.9 Å². The van der Waals surface area contributed by atoms with Crippen LogP contribution in [0.5, 0.6) is 5.75 Å². The fourth-order valence-corrected chi connectivity index (χ4v) is 4.06. The molecule has 0 N–H and O–H groups in total. The molecule has 21 heavy (non-hydrogen) atoms. The highest BCUT2D eigenvalue weighted by atomic mass is 79.9. The maximum atomic E-state index is 6.35. The van der Waals surface area contributed by atoms with E-state index < -0.39 is 0 Å². The van der Waals surface area contributed by atoms with Crippen LogP contribution in [0.4, 0.5) is 0 Å². The minimum absolute atomic E-state index is 0.117. The first-order chi connectivity index (χ1) is 9.92. The van der Waals surface area contributed by atoms with Gasteiger partial charge >= 0.3 is 0 Å². The zero-order valence-corrected chi connectivity index (χ0v) is 16.4. The second-order valence-corrected chi connectivity index (χ2v) is 7.38. The van der Waals surface area contributed by atoms with Gasteiger partial charge in [-0.05, 0) is 42.3 Å². The molecule has 0 saturated carbocycles. The molecular weight excluding hydrogens is 462 g/mol. The number of benzene rings is 2. The van der Waals surface area contributed by atoms with Crippen LogP contribution in [0, 0.1) is 0 Å². The number of halogens is 5. The van der Waals surface area contributed by atoms with Crippen LogP contribution in [0.3, 0.4) is 0 Å². The Balaban J connectivity index is 2.43. The lowest BCUT2D eigenvalue weighted by Crippen LogP contribution is -1.97. The Hall–Kier alpha value is 0.0700. The molecule has 0 bridgehead atoms. The molecule has 112 valence electrons. The third-order valence-corrected chi connectivity index (χ3v) is 5.12. The lowest BCUT2D eigenvalue weighted by Gasteiger charge is -2.16. The summed E-state index contributed by atoms with van der Waals surface area (Å²) < 4.78 is 6.34. The number of hydrogen-bond donors (Lipinski definition) is 0. The molecule has 2 aromatic carbocycles. The molecule has 0 heterocycles. The van der Waals surface area contributed by atoms with Crippen molar-refractivity contribution in [3.8, 4) is 5.75 Å². The zero-order valence-electron chi connectivity index (χ0n) is 11.0. The quantitative estimate of drug-likeness (QED) is 0.424. The predicted octanol–water partition coefficient (Wildman–Crippen LogP) is 7.29. The van der Waals surface area contributed by atoms with Gasteiger partial charge in [-0.1, -0.05) is 66.7 Å². The van der Waals surface area contributed by atoms with E-state index in [4.69, 9.17) is 39.5 Å². The SMILES string of the molecule is CCOc1cc(Cl)c(C(Br)c2cc(Cl)cc(Br)c2)cc1Cl. The van der Waals surface area contributed by atoms with E-state index in [0.29, 0.717) is 27.4 Å². The standard InChI is InChI=1S/C15H11Br2Cl3O/c1-2-21-14-7-12(19)11(6-13(14)20)15(17)8-3-9(16)5-10(18)4-8/h3-7,15H,2H2,1H3. The average molecular weight is 473 g/mol. The molecule has 0 fully saturated rings. The van der Waals surface area contributed by atoms with Crippen LogP contribution in [0.15, 0.2) is 34.8 Å². The van der Waals surface area contributed by atoms with E-state index in [-0.39, 0.29) is 4.83 Å². The summed E-state index contributed by atoms with van der Waals surface area (Å²) in [5.74, 6) is 0.583. The van der Waals surface area contributed by atoms with Crippen molar-refractivity contribution in [2.24, 2.45) is 0 Å². The van der Waals surface area contributed by atoms with Gasteiger partial charge in [-0.25, -0.2) is 0 Å². The maximum absolute atomic E-state index is 6.35. The highest BCUT2D eigenvalue weighted by Gasteiger charge is 2.18. The van der Waals surface area contributed by atoms with Gasteiger partial charge in [0, 0.05) is 20.6 Å². The monoisotopic (exact) mass is 470 g/mol. The molecule has 6 heteroatoms. The number of ether oxygens (including phenoxy) is 1. The van der Waals surface area contributed by atoms with Gasteiger partial charge in [0.15, 0.2) is 0 Å². The van der Waals surface area contributed by atoms with Crippen molar-refractivity contribution in [3.05, 3.63) is 61.0 Å². The normalized spacial score (nSPS) is 12.3. The third-order valence-electron chi connectivity index (χ3n) is 2.80. The van der Waals surface area contributed by atoms with Crippen molar-refractivity contribution < 1.29 is 4.74 Å². The molecule has 2 rings (SSSR count). The largest absolute Gasteiger partial charge is 0.492 e. The first-order valence-corrected chi connectivity index (χ1v) is 8.98. The predicted molar refractivity (Wildman–Crippen MR) is 97.6 cm³/mol. The van der Waals surface area contributed by atoms with Crippen LogP contribution in [0.25, 0.3) is 0 Å². The van der Waals surface area contributed by atoms with Crippen LogP contribution in [0.2, 0.25) is 15.1 Å². The van der Waals surface area contributed by atoms with Gasteiger partial charge in [0.2, 0.25) is 0 Å². The van der Waals surface area contributed by atoms with Crippen LogP contribution in [-0.4, -0.2) is 6.61 Å². The molecule has 0 saturated heterocycles. The molecule has 0 aliphatic rings. The van der Waals surface area contributed by atoms with Gasteiger partial charge in [0.1, 0.15) is 5.75 Å². The lowest BCUT2D eigenvalue weighted by atomic mass is 10.0. The fourth-order valence-electron chi connectivity index (χ4n) is 1.91. The van der Waals surface area contributed by atoms with E-state index in [0.717, 1.165) is 15.6 Å². The van der Waals surface area contributed by atoms with E-state index >= 15 is 0 Å². The van der Waals surface area contributed by atoms with Crippen molar-refractivity contribution in [1.29, 1.82) is 0 Å². The van der Waals surface area contributed by atoms with Gasteiger partial charge in [-0.3, -0.25) is 0 Å². The minimum atomic E-state index is -0.117. The van der Waals surface area contributed by atoms with Gasteiger partial charge < -0.3 is 4.74 Å². The van der Waals surface area contributed by atoms with E-state index in [1.165, 1.54) is 0 Å². The van der Waals surface area contributed by atoms with Gasteiger partial charge in [0.25, 0.3) is 0 Å². The van der Waals surface area contributed by atoms with Crippen LogP contribution >= 0.6 is 66.7 Å². The number of rotatable bonds is 4. The summed E-state index contributed by atoms with van der Waals surface area (Å²) >= 11 is 25.8. The summed E-state index contributed by atoms with van der Waals surface area (Å²) in [7, 11) is 0. The summed E-state index contributed by atoms with van der Waals surface area (Å²) in [4.78, 5) is -0.117. The molecule has 1 nitrogen and oxygen atoms in total. The Bertz CT molecular complexity index is 641. The first kappa shape index (κ1) is 17.4. The van der Waals surface area contributed by atoms with E-state index in [1.54, 1.807) is 6.07 Å². The molecule has 0 aromatic heterocycles. The fraction of sp³-hybridized carbons (Fsp3) is 0.200. The molecular formula is C15H11Br2Cl3O. The van der Waals surface area contributed by atoms with Crippen molar-refractivity contribution >= 4 is 66.7 Å². The highest BCUT2D eigenvalue weighted by Crippen LogP contribution is 2.41. The molecule has 1 unspecified atom stereocenters. The minimum Gasteiger partial charge on any atom is -0.492 e. The van der Waals surface area contributed by atoms with Crippen molar-refractivity contribution in [2.45, 2.75) is 11.8 Å². The van der Waals surface area contributed by atoms with Crippen LogP contribution in [-0.2, 0) is 0 Å². The van der Waals surface area contributed by atoms with E-state index in [1.807, 2.05) is 31.2 Å². The first-order valence-electron chi connectivity index (χ1n) is 6.14. The summed E-state index contributed by atoms with van der Waals surface area (Å²) in [5, 5.41) is 1.76. The Morgan fingerprint density at radius 3 is 2.38 bits per heavy atom. The summed E-state index contributed by atoms with van der Waals surface area (Å²) in [6.45, 7) is 2.43. The van der Waals surface area contributed by atoms with Crippen molar-refractivity contribution in [3.63, 3.8) is 0 Å². The Labute approximate surface area is 155 Å². The Morgan fingerprint density at radius 2 is 1.76 bits per heavy atom. The smallest absolute Gasteiger partial charge is 0.139 e. The zero-order chi connectivity index (χ0) is 15.6. The third kappa shape index (κ3) is 4.29. The molecule has 0 spiro atoms.